The van der Waals surface area contributed by atoms with Crippen LogP contribution in [-0.4, -0.2) is 57.0 Å². The Balaban J connectivity index is 3.68. The number of carbonyl (C=O) groups is 2. The molecule has 1 unspecified atom stereocenters. The second-order valence-corrected chi connectivity index (χ2v) is 6.39. The smallest absolute Gasteiger partial charge is 0.410 e. The van der Waals surface area contributed by atoms with Gasteiger partial charge in [-0.3, -0.25) is 4.90 Å². The first-order valence-electron chi connectivity index (χ1n) is 9.59. The van der Waals surface area contributed by atoms with Gasteiger partial charge in [-0.1, -0.05) is 58.3 Å². The van der Waals surface area contributed by atoms with Gasteiger partial charge in [-0.2, -0.15) is 0 Å². The quantitative estimate of drug-likeness (QED) is 0.324. The molecule has 6 nitrogen and oxygen atoms in total. The highest BCUT2D eigenvalue weighted by Crippen LogP contribution is 2.10. The molecule has 0 aliphatic heterocycles. The molecule has 0 aromatic carbocycles. The van der Waals surface area contributed by atoms with E-state index in [9.17, 15) is 9.59 Å². The molecule has 0 rings (SSSR count). The van der Waals surface area contributed by atoms with Crippen LogP contribution in [0, 0.1) is 0 Å². The number of hydrogen-bond acceptors (Lipinski definition) is 5. The number of ether oxygens (including phenoxy) is 3. The molecule has 0 aromatic heterocycles. The fraction of sp³-hybridized carbons (Fsp3) is 0.895. The van der Waals surface area contributed by atoms with Gasteiger partial charge in [0.15, 0.2) is 0 Å². The third-order valence-corrected chi connectivity index (χ3v) is 4.22. The Kier molecular flexibility index (Phi) is 15.3. The number of unbranched alkanes of at least 4 members (excludes halogenated alkanes) is 8. The summed E-state index contributed by atoms with van der Waals surface area (Å²) in [6, 6.07) is -0.659. The lowest BCUT2D eigenvalue weighted by atomic mass is 10.1. The average Bonchev–Trinajstić information content (AvgIpc) is 2.61. The molecule has 0 spiro atoms. The number of hydrogen-bond donors (Lipinski definition) is 0. The van der Waals surface area contributed by atoms with Gasteiger partial charge in [0, 0.05) is 14.2 Å². The predicted molar refractivity (Wildman–Crippen MR) is 98.6 cm³/mol. The molecule has 25 heavy (non-hydrogen) atoms. The lowest BCUT2D eigenvalue weighted by molar-refractivity contribution is -0.148. The second-order valence-electron chi connectivity index (χ2n) is 6.39. The third-order valence-electron chi connectivity index (χ3n) is 4.22. The lowest BCUT2D eigenvalue weighted by Crippen LogP contribution is -2.42. The second kappa shape index (κ2) is 16.2. The van der Waals surface area contributed by atoms with Gasteiger partial charge in [-0.15, -0.1) is 0 Å². The first-order valence-corrected chi connectivity index (χ1v) is 9.59. The summed E-state index contributed by atoms with van der Waals surface area (Å²) < 4.78 is 15.0. The van der Waals surface area contributed by atoms with Crippen LogP contribution in [0.25, 0.3) is 0 Å². The van der Waals surface area contributed by atoms with E-state index in [1.165, 1.54) is 64.0 Å². The van der Waals surface area contributed by atoms with Crippen LogP contribution in [0.3, 0.4) is 0 Å². The molecule has 1 atom stereocenters. The number of amides is 1. The van der Waals surface area contributed by atoms with Gasteiger partial charge in [0.2, 0.25) is 0 Å². The van der Waals surface area contributed by atoms with Crippen molar-refractivity contribution in [2.45, 2.75) is 77.7 Å². The van der Waals surface area contributed by atoms with Gasteiger partial charge in [0.25, 0.3) is 0 Å². The van der Waals surface area contributed by atoms with E-state index >= 15 is 0 Å². The van der Waals surface area contributed by atoms with E-state index < -0.39 is 18.1 Å². The van der Waals surface area contributed by atoms with Crippen molar-refractivity contribution in [3.63, 3.8) is 0 Å². The third kappa shape index (κ3) is 12.7. The summed E-state index contributed by atoms with van der Waals surface area (Å²) in [7, 11) is 3.06. The molecule has 0 aliphatic carbocycles. The Bertz CT molecular complexity index is 349. The topological polar surface area (TPSA) is 65.1 Å². The van der Waals surface area contributed by atoms with Gasteiger partial charge < -0.3 is 14.2 Å². The molecular formula is C19H37NO5. The minimum Gasteiger partial charge on any atom is -0.464 e. The summed E-state index contributed by atoms with van der Waals surface area (Å²) in [5.41, 5.74) is 0. The van der Waals surface area contributed by atoms with Crippen LogP contribution in [0.1, 0.15) is 71.6 Å². The molecule has 6 heteroatoms. The van der Waals surface area contributed by atoms with Gasteiger partial charge >= 0.3 is 12.1 Å². The molecule has 0 aliphatic rings. The van der Waals surface area contributed by atoms with Crippen LogP contribution < -0.4 is 0 Å². The Hall–Kier alpha value is -1.30. The van der Waals surface area contributed by atoms with Crippen molar-refractivity contribution in [2.24, 2.45) is 0 Å². The Labute approximate surface area is 153 Å². The molecule has 0 saturated heterocycles. The van der Waals surface area contributed by atoms with Crippen molar-refractivity contribution in [3.05, 3.63) is 0 Å². The SMILES string of the molecule is CCCCCCCCCCCOC(=O)C(C)N(C)C(=O)OCCOC. The van der Waals surface area contributed by atoms with Crippen LogP contribution in [0.2, 0.25) is 0 Å². The van der Waals surface area contributed by atoms with Crippen LogP contribution >= 0.6 is 0 Å². The molecule has 148 valence electrons. The van der Waals surface area contributed by atoms with Crippen molar-refractivity contribution in [2.75, 3.05) is 34.0 Å². The summed E-state index contributed by atoms with van der Waals surface area (Å²) in [5, 5.41) is 0. The number of methoxy groups -OCH3 is 1. The summed E-state index contributed by atoms with van der Waals surface area (Å²) in [4.78, 5) is 24.9. The summed E-state index contributed by atoms with van der Waals surface area (Å²) in [6.45, 7) is 4.77. The first kappa shape index (κ1) is 23.7. The van der Waals surface area contributed by atoms with Crippen molar-refractivity contribution >= 4 is 12.1 Å². The van der Waals surface area contributed by atoms with E-state index in [-0.39, 0.29) is 6.61 Å². The van der Waals surface area contributed by atoms with Crippen LogP contribution in [0.4, 0.5) is 4.79 Å². The lowest BCUT2D eigenvalue weighted by Gasteiger charge is -2.22. The monoisotopic (exact) mass is 359 g/mol. The zero-order valence-electron chi connectivity index (χ0n) is 16.6. The minimum absolute atomic E-state index is 0.167. The van der Waals surface area contributed by atoms with Gasteiger partial charge in [-0.05, 0) is 13.3 Å². The standard InChI is InChI=1S/C19H37NO5/c1-5-6-7-8-9-10-11-12-13-14-24-18(21)17(2)20(3)19(22)25-16-15-23-4/h17H,5-16H2,1-4H3. The largest absolute Gasteiger partial charge is 0.464 e. The molecule has 0 aromatic rings. The Morgan fingerprint density at radius 3 is 1.96 bits per heavy atom. The van der Waals surface area contributed by atoms with E-state index in [1.807, 2.05) is 0 Å². The normalized spacial score (nSPS) is 11.8. The van der Waals surface area contributed by atoms with E-state index in [4.69, 9.17) is 14.2 Å². The highest BCUT2D eigenvalue weighted by molar-refractivity contribution is 5.80. The van der Waals surface area contributed by atoms with E-state index in [0.29, 0.717) is 13.2 Å². The zero-order valence-corrected chi connectivity index (χ0v) is 16.6. The van der Waals surface area contributed by atoms with Gasteiger partial charge in [-0.25, -0.2) is 9.59 Å². The van der Waals surface area contributed by atoms with Crippen molar-refractivity contribution in [1.29, 1.82) is 0 Å². The first-order chi connectivity index (χ1) is 12.0. The summed E-state index contributed by atoms with van der Waals surface area (Å²) in [6.07, 6.45) is 10.4. The van der Waals surface area contributed by atoms with Crippen molar-refractivity contribution < 1.29 is 23.8 Å². The average molecular weight is 360 g/mol. The molecule has 0 radical (unpaired) electrons. The molecule has 0 N–H and O–H groups in total. The summed E-state index contributed by atoms with van der Waals surface area (Å²) >= 11 is 0. The van der Waals surface area contributed by atoms with Crippen molar-refractivity contribution in [1.82, 2.24) is 4.90 Å². The highest BCUT2D eigenvalue weighted by atomic mass is 16.6. The number of esters is 1. The van der Waals surface area contributed by atoms with Gasteiger partial charge in [0.1, 0.15) is 12.6 Å². The molecule has 0 bridgehead atoms. The van der Waals surface area contributed by atoms with Crippen molar-refractivity contribution in [3.8, 4) is 0 Å². The van der Waals surface area contributed by atoms with Crippen LogP contribution in [0.15, 0.2) is 0 Å². The highest BCUT2D eigenvalue weighted by Gasteiger charge is 2.24. The zero-order chi connectivity index (χ0) is 18.9. The van der Waals surface area contributed by atoms with Gasteiger partial charge in [0.05, 0.1) is 13.2 Å². The Morgan fingerprint density at radius 1 is 0.840 bits per heavy atom. The van der Waals surface area contributed by atoms with E-state index in [0.717, 1.165) is 12.8 Å². The number of rotatable bonds is 15. The maximum Gasteiger partial charge on any atom is 0.410 e. The maximum absolute atomic E-state index is 12.0. The fourth-order valence-corrected chi connectivity index (χ4v) is 2.34. The molecule has 0 fully saturated rings. The molecule has 0 heterocycles. The molecule has 1 amide bonds. The minimum atomic E-state index is -0.659. The number of likely N-dealkylation sites (N-methyl/N-ethyl adjacent to an activating group) is 1. The number of nitrogens with zero attached hydrogens (tertiary/aromatic N) is 1. The van der Waals surface area contributed by atoms with E-state index in [2.05, 4.69) is 6.92 Å². The van der Waals surface area contributed by atoms with Crippen LogP contribution in [0.5, 0.6) is 0 Å². The Morgan fingerprint density at radius 2 is 1.40 bits per heavy atom. The number of carbonyl (C=O) groups excluding carboxylic acids is 2. The maximum atomic E-state index is 12.0. The molecule has 0 saturated carbocycles. The van der Waals surface area contributed by atoms with Crippen LogP contribution in [-0.2, 0) is 19.0 Å². The fourth-order valence-electron chi connectivity index (χ4n) is 2.34. The predicted octanol–water partition coefficient (Wildman–Crippen LogP) is 4.16. The summed E-state index contributed by atoms with van der Waals surface area (Å²) in [5.74, 6) is -0.397. The molecular weight excluding hydrogens is 322 g/mol. The van der Waals surface area contributed by atoms with E-state index in [1.54, 1.807) is 6.92 Å².